The van der Waals surface area contributed by atoms with E-state index in [4.69, 9.17) is 5.11 Å². The molecule has 0 unspecified atom stereocenters. The maximum atomic E-state index is 12.3. The molecular formula is C16H24N2O2S. The Labute approximate surface area is 131 Å². The fourth-order valence-electron chi connectivity index (χ4n) is 2.11. The highest BCUT2D eigenvalue weighted by atomic mass is 32.1. The molecule has 1 heterocycles. The van der Waals surface area contributed by atoms with Gasteiger partial charge in [-0.2, -0.15) is 0 Å². The number of aliphatic hydroxyl groups excluding tert-OH is 1. The summed E-state index contributed by atoms with van der Waals surface area (Å²) in [6, 6.07) is 1.84. The minimum absolute atomic E-state index is 0.0130. The number of aliphatic hydroxyl groups is 1. The van der Waals surface area contributed by atoms with E-state index in [1.165, 1.54) is 11.3 Å². The third-order valence-electron chi connectivity index (χ3n) is 2.80. The van der Waals surface area contributed by atoms with E-state index in [9.17, 15) is 4.79 Å². The zero-order chi connectivity index (χ0) is 15.9. The van der Waals surface area contributed by atoms with Crippen LogP contribution in [0.5, 0.6) is 0 Å². The number of amides is 1. The number of carbonyl (C=O) groups is 1. The number of carbonyl (C=O) groups excluding carboxylic acids is 1. The normalized spacial score (nSPS) is 11.1. The summed E-state index contributed by atoms with van der Waals surface area (Å²) in [6.07, 6.45) is 0.423. The van der Waals surface area contributed by atoms with Gasteiger partial charge in [0, 0.05) is 25.1 Å². The fourth-order valence-corrected chi connectivity index (χ4v) is 2.87. The van der Waals surface area contributed by atoms with Gasteiger partial charge in [0.2, 0.25) is 0 Å². The number of rotatable bonds is 6. The standard InChI is InChI=1S/C16H24N2O2S/c1-16(2,12-18(3)4)11-17-15(20)14-13(8-10-21-14)7-5-6-9-19/h8,10,19H,6,9,11-12H2,1-4H3,(H,17,20). The number of hydrogen-bond donors (Lipinski definition) is 2. The van der Waals surface area contributed by atoms with Gasteiger partial charge in [0.1, 0.15) is 4.88 Å². The molecule has 0 fully saturated rings. The summed E-state index contributed by atoms with van der Waals surface area (Å²) < 4.78 is 0. The van der Waals surface area contributed by atoms with Gasteiger partial charge in [0.25, 0.3) is 5.91 Å². The van der Waals surface area contributed by atoms with Crippen LogP contribution in [0.25, 0.3) is 0 Å². The lowest BCUT2D eigenvalue weighted by Gasteiger charge is -2.28. The second kappa shape index (κ2) is 8.18. The third kappa shape index (κ3) is 6.30. The summed E-state index contributed by atoms with van der Waals surface area (Å²) in [7, 11) is 4.05. The van der Waals surface area contributed by atoms with E-state index in [0.717, 1.165) is 12.1 Å². The molecule has 0 spiro atoms. The van der Waals surface area contributed by atoms with Crippen LogP contribution in [0.15, 0.2) is 11.4 Å². The molecule has 21 heavy (non-hydrogen) atoms. The first-order chi connectivity index (χ1) is 9.85. The molecule has 1 rings (SSSR count). The minimum Gasteiger partial charge on any atom is -0.395 e. The first-order valence-corrected chi connectivity index (χ1v) is 7.84. The zero-order valence-corrected chi connectivity index (χ0v) is 14.0. The molecule has 5 heteroatoms. The highest BCUT2D eigenvalue weighted by molar-refractivity contribution is 7.12. The molecule has 2 N–H and O–H groups in total. The van der Waals surface area contributed by atoms with E-state index in [1.807, 2.05) is 25.5 Å². The monoisotopic (exact) mass is 308 g/mol. The average molecular weight is 308 g/mol. The van der Waals surface area contributed by atoms with Crippen LogP contribution in [0, 0.1) is 17.3 Å². The van der Waals surface area contributed by atoms with E-state index < -0.39 is 0 Å². The van der Waals surface area contributed by atoms with Crippen molar-refractivity contribution in [3.8, 4) is 11.8 Å². The van der Waals surface area contributed by atoms with Gasteiger partial charge in [0.15, 0.2) is 0 Å². The van der Waals surface area contributed by atoms with Gasteiger partial charge in [-0.1, -0.05) is 25.7 Å². The molecule has 1 aromatic heterocycles. The molecule has 0 saturated heterocycles. The highest BCUT2D eigenvalue weighted by Gasteiger charge is 2.21. The predicted octanol–water partition coefficient (Wildman–Crippen LogP) is 1.80. The van der Waals surface area contributed by atoms with E-state index in [-0.39, 0.29) is 17.9 Å². The maximum absolute atomic E-state index is 12.3. The molecule has 0 aliphatic heterocycles. The van der Waals surface area contributed by atoms with Gasteiger partial charge in [-0.3, -0.25) is 4.79 Å². The molecule has 0 aliphatic rings. The Morgan fingerprint density at radius 2 is 2.19 bits per heavy atom. The van der Waals surface area contributed by atoms with E-state index >= 15 is 0 Å². The molecule has 0 aromatic carbocycles. The van der Waals surface area contributed by atoms with Crippen LogP contribution in [0.4, 0.5) is 0 Å². The van der Waals surface area contributed by atoms with E-state index in [0.29, 0.717) is 17.8 Å². The Morgan fingerprint density at radius 1 is 1.48 bits per heavy atom. The van der Waals surface area contributed by atoms with Crippen molar-refractivity contribution in [2.45, 2.75) is 20.3 Å². The largest absolute Gasteiger partial charge is 0.395 e. The summed E-state index contributed by atoms with van der Waals surface area (Å²) in [5.41, 5.74) is 0.746. The first kappa shape index (κ1) is 17.7. The Morgan fingerprint density at radius 3 is 2.81 bits per heavy atom. The van der Waals surface area contributed by atoms with Crippen molar-refractivity contribution >= 4 is 17.2 Å². The van der Waals surface area contributed by atoms with Crippen molar-refractivity contribution in [2.24, 2.45) is 5.41 Å². The van der Waals surface area contributed by atoms with Crippen LogP contribution < -0.4 is 5.32 Å². The van der Waals surface area contributed by atoms with Crippen molar-refractivity contribution in [3.63, 3.8) is 0 Å². The van der Waals surface area contributed by atoms with Crippen molar-refractivity contribution in [1.82, 2.24) is 10.2 Å². The third-order valence-corrected chi connectivity index (χ3v) is 3.72. The molecule has 4 nitrogen and oxygen atoms in total. The van der Waals surface area contributed by atoms with Crippen molar-refractivity contribution in [1.29, 1.82) is 0 Å². The van der Waals surface area contributed by atoms with Crippen LogP contribution in [-0.2, 0) is 0 Å². The summed E-state index contributed by atoms with van der Waals surface area (Å²) >= 11 is 1.39. The predicted molar refractivity (Wildman–Crippen MR) is 87.6 cm³/mol. The van der Waals surface area contributed by atoms with Crippen molar-refractivity contribution in [2.75, 3.05) is 33.8 Å². The second-order valence-corrected chi connectivity index (χ2v) is 6.94. The van der Waals surface area contributed by atoms with Crippen LogP contribution in [0.2, 0.25) is 0 Å². The molecule has 0 atom stereocenters. The topological polar surface area (TPSA) is 52.6 Å². The molecular weight excluding hydrogens is 284 g/mol. The van der Waals surface area contributed by atoms with Gasteiger partial charge in [-0.05, 0) is 31.0 Å². The molecule has 116 valence electrons. The molecule has 1 aromatic rings. The van der Waals surface area contributed by atoms with Gasteiger partial charge in [-0.25, -0.2) is 0 Å². The fraction of sp³-hybridized carbons (Fsp3) is 0.562. The summed E-state index contributed by atoms with van der Waals surface area (Å²) in [6.45, 7) is 5.82. The molecule has 1 amide bonds. The van der Waals surface area contributed by atoms with Crippen molar-refractivity contribution < 1.29 is 9.90 Å². The number of nitrogens with one attached hydrogen (secondary N) is 1. The van der Waals surface area contributed by atoms with Gasteiger partial charge in [0.05, 0.1) is 6.61 Å². The summed E-state index contributed by atoms with van der Waals surface area (Å²) in [5.74, 6) is 5.71. The SMILES string of the molecule is CN(C)CC(C)(C)CNC(=O)c1sccc1C#CCCO. The Balaban J connectivity index is 2.65. The lowest BCUT2D eigenvalue weighted by Crippen LogP contribution is -2.39. The minimum atomic E-state index is -0.0786. The molecule has 0 radical (unpaired) electrons. The van der Waals surface area contributed by atoms with Crippen LogP contribution in [0.3, 0.4) is 0 Å². The van der Waals surface area contributed by atoms with Gasteiger partial charge in [-0.15, -0.1) is 11.3 Å². The quantitative estimate of drug-likeness (QED) is 0.788. The highest BCUT2D eigenvalue weighted by Crippen LogP contribution is 2.18. The van der Waals surface area contributed by atoms with E-state index in [1.54, 1.807) is 0 Å². The summed E-state index contributed by atoms with van der Waals surface area (Å²) in [4.78, 5) is 15.0. The van der Waals surface area contributed by atoms with Crippen molar-refractivity contribution in [3.05, 3.63) is 21.9 Å². The molecule has 0 saturated carbocycles. The first-order valence-electron chi connectivity index (χ1n) is 6.96. The number of nitrogens with zero attached hydrogens (tertiary/aromatic N) is 1. The summed E-state index contributed by atoms with van der Waals surface area (Å²) in [5, 5.41) is 13.6. The van der Waals surface area contributed by atoms with E-state index in [2.05, 4.69) is 35.9 Å². The lowest BCUT2D eigenvalue weighted by molar-refractivity contribution is 0.0933. The van der Waals surface area contributed by atoms with Crippen LogP contribution >= 0.6 is 11.3 Å². The smallest absolute Gasteiger partial charge is 0.262 e. The molecule has 0 aliphatic carbocycles. The van der Waals surface area contributed by atoms with Gasteiger partial charge >= 0.3 is 0 Å². The Kier molecular flexibility index (Phi) is 6.90. The Hall–Kier alpha value is -1.35. The van der Waals surface area contributed by atoms with Crippen LogP contribution in [-0.4, -0.2) is 49.7 Å². The number of thiophene rings is 1. The average Bonchev–Trinajstić information content (AvgIpc) is 2.83. The number of hydrogen-bond acceptors (Lipinski definition) is 4. The maximum Gasteiger partial charge on any atom is 0.262 e. The lowest BCUT2D eigenvalue weighted by atomic mass is 9.93. The van der Waals surface area contributed by atoms with Gasteiger partial charge < -0.3 is 15.3 Å². The Bertz CT molecular complexity index is 524. The van der Waals surface area contributed by atoms with Crippen LogP contribution in [0.1, 0.15) is 35.5 Å². The zero-order valence-electron chi connectivity index (χ0n) is 13.2. The molecule has 0 bridgehead atoms. The second-order valence-electron chi connectivity index (χ2n) is 6.02.